The van der Waals surface area contributed by atoms with Crippen LogP contribution < -0.4 is 11.1 Å². The van der Waals surface area contributed by atoms with Gasteiger partial charge in [0.2, 0.25) is 11.8 Å². The summed E-state index contributed by atoms with van der Waals surface area (Å²) in [6, 6.07) is 4.17. The van der Waals surface area contributed by atoms with E-state index in [0.29, 0.717) is 16.6 Å². The molecule has 0 saturated carbocycles. The topological polar surface area (TPSA) is 140 Å². The Bertz CT molecular complexity index is 832. The van der Waals surface area contributed by atoms with Crippen molar-refractivity contribution in [2.75, 3.05) is 26.7 Å². The van der Waals surface area contributed by atoms with Crippen LogP contribution in [0.4, 0.5) is 5.69 Å². The number of primary amides is 1. The number of amides is 1. The van der Waals surface area contributed by atoms with Gasteiger partial charge in [-0.1, -0.05) is 5.16 Å². The third-order valence-corrected chi connectivity index (χ3v) is 5.13. The van der Waals surface area contributed by atoms with Crippen molar-refractivity contribution in [3.8, 4) is 0 Å². The summed E-state index contributed by atoms with van der Waals surface area (Å²) in [7, 11) is 2.00. The van der Waals surface area contributed by atoms with Crippen LogP contribution in [0.15, 0.2) is 27.6 Å². The lowest BCUT2D eigenvalue weighted by Crippen LogP contribution is -2.44. The summed E-state index contributed by atoms with van der Waals surface area (Å²) in [5.74, 6) is 0.552. The van der Waals surface area contributed by atoms with Crippen LogP contribution in [0.25, 0.3) is 0 Å². The van der Waals surface area contributed by atoms with Crippen molar-refractivity contribution < 1.29 is 14.2 Å². The molecular weight excluding hydrogens is 396 g/mol. The SMILES string of the molecule is CN1CCNCC1c1noc(CSc2ccc(C(N)=O)cc2[N+](=O)[O-])n1.Cl. The molecule has 1 amide bonds. The van der Waals surface area contributed by atoms with Crippen LogP contribution in [0, 0.1) is 10.1 Å². The number of likely N-dealkylation sites (N-methyl/N-ethyl adjacent to an activating group) is 1. The number of thioether (sulfide) groups is 1. The molecule has 12 heteroatoms. The molecule has 1 aromatic heterocycles. The fourth-order valence-electron chi connectivity index (χ4n) is 2.63. The van der Waals surface area contributed by atoms with E-state index in [4.69, 9.17) is 10.3 Å². The normalized spacial score (nSPS) is 17.3. The number of nitrogens with zero attached hydrogens (tertiary/aromatic N) is 4. The molecule has 0 spiro atoms. The smallest absolute Gasteiger partial charge is 0.283 e. The molecule has 3 rings (SSSR count). The minimum absolute atomic E-state index is 0. The summed E-state index contributed by atoms with van der Waals surface area (Å²) < 4.78 is 5.27. The zero-order valence-electron chi connectivity index (χ0n) is 14.5. The van der Waals surface area contributed by atoms with Crippen molar-refractivity contribution in [2.45, 2.75) is 16.7 Å². The maximum atomic E-state index is 11.2. The van der Waals surface area contributed by atoms with Gasteiger partial charge in [0, 0.05) is 31.3 Å². The van der Waals surface area contributed by atoms with Gasteiger partial charge in [-0.25, -0.2) is 0 Å². The second-order valence-electron chi connectivity index (χ2n) is 5.84. The van der Waals surface area contributed by atoms with Crippen molar-refractivity contribution in [1.29, 1.82) is 0 Å². The number of hydrogen-bond donors (Lipinski definition) is 2. The summed E-state index contributed by atoms with van der Waals surface area (Å²) in [5, 5.41) is 18.5. The zero-order valence-corrected chi connectivity index (χ0v) is 16.1. The highest BCUT2D eigenvalue weighted by Crippen LogP contribution is 2.32. The predicted molar refractivity (Wildman–Crippen MR) is 101 cm³/mol. The molecule has 10 nitrogen and oxygen atoms in total. The number of rotatable bonds is 6. The number of benzene rings is 1. The first kappa shape index (κ1) is 21.1. The maximum Gasteiger partial charge on any atom is 0.283 e. The molecule has 27 heavy (non-hydrogen) atoms. The zero-order chi connectivity index (χ0) is 18.7. The number of nitro benzene ring substituents is 1. The first-order valence-corrected chi connectivity index (χ1v) is 8.88. The van der Waals surface area contributed by atoms with Gasteiger partial charge in [-0.3, -0.25) is 19.8 Å². The number of hydrogen-bond acceptors (Lipinski definition) is 9. The second-order valence-corrected chi connectivity index (χ2v) is 6.86. The van der Waals surface area contributed by atoms with Gasteiger partial charge < -0.3 is 15.6 Å². The van der Waals surface area contributed by atoms with Crippen LogP contribution in [0.5, 0.6) is 0 Å². The van der Waals surface area contributed by atoms with Crippen LogP contribution in [-0.2, 0) is 5.75 Å². The van der Waals surface area contributed by atoms with Crippen LogP contribution in [0.3, 0.4) is 0 Å². The highest BCUT2D eigenvalue weighted by molar-refractivity contribution is 7.98. The molecular formula is C15H19ClN6O4S. The average molecular weight is 415 g/mol. The monoisotopic (exact) mass is 414 g/mol. The second kappa shape index (κ2) is 9.13. The molecule has 1 aliphatic rings. The molecule has 1 aliphatic heterocycles. The molecule has 2 aromatic rings. The number of halogens is 1. The summed E-state index contributed by atoms with van der Waals surface area (Å²) in [5.41, 5.74) is 5.09. The van der Waals surface area contributed by atoms with E-state index in [0.717, 1.165) is 19.6 Å². The summed E-state index contributed by atoms with van der Waals surface area (Å²) in [4.78, 5) is 28.8. The van der Waals surface area contributed by atoms with Gasteiger partial charge in [0.1, 0.15) is 0 Å². The average Bonchev–Trinajstić information content (AvgIpc) is 3.08. The summed E-state index contributed by atoms with van der Waals surface area (Å²) in [6.45, 7) is 2.54. The van der Waals surface area contributed by atoms with E-state index >= 15 is 0 Å². The Morgan fingerprint density at radius 3 is 3.00 bits per heavy atom. The standard InChI is InChI=1S/C15H18N6O4S.ClH/c1-20-5-4-17-7-11(20)15-18-13(25-19-15)8-26-12-3-2-9(14(16)22)6-10(12)21(23)24;/h2-3,6,11,17H,4-5,7-8H2,1H3,(H2,16,22);1H. The quantitative estimate of drug-likeness (QED) is 0.407. The van der Waals surface area contributed by atoms with E-state index in [9.17, 15) is 14.9 Å². The highest BCUT2D eigenvalue weighted by Gasteiger charge is 2.25. The van der Waals surface area contributed by atoms with E-state index < -0.39 is 10.8 Å². The van der Waals surface area contributed by atoms with Gasteiger partial charge >= 0.3 is 0 Å². The molecule has 146 valence electrons. The fourth-order valence-corrected chi connectivity index (χ4v) is 3.47. The minimum atomic E-state index is -0.712. The lowest BCUT2D eigenvalue weighted by molar-refractivity contribution is -0.387. The number of carbonyl (C=O) groups is 1. The van der Waals surface area contributed by atoms with Crippen LogP contribution >= 0.6 is 24.2 Å². The first-order chi connectivity index (χ1) is 12.5. The van der Waals surface area contributed by atoms with E-state index in [2.05, 4.69) is 20.4 Å². The Morgan fingerprint density at radius 2 is 2.33 bits per heavy atom. The Morgan fingerprint density at radius 1 is 1.56 bits per heavy atom. The first-order valence-electron chi connectivity index (χ1n) is 7.90. The van der Waals surface area contributed by atoms with Crippen LogP contribution in [-0.4, -0.2) is 52.6 Å². The number of carbonyl (C=O) groups excluding carboxylic acids is 1. The Kier molecular flexibility index (Phi) is 7.13. The Hall–Kier alpha value is -2.21. The minimum Gasteiger partial charge on any atom is -0.366 e. The fraction of sp³-hybridized carbons (Fsp3) is 0.400. The third-order valence-electron chi connectivity index (χ3n) is 4.08. The highest BCUT2D eigenvalue weighted by atomic mass is 35.5. The largest absolute Gasteiger partial charge is 0.366 e. The summed E-state index contributed by atoms with van der Waals surface area (Å²) >= 11 is 1.19. The van der Waals surface area contributed by atoms with Gasteiger partial charge in [0.25, 0.3) is 5.69 Å². The summed E-state index contributed by atoms with van der Waals surface area (Å²) in [6.07, 6.45) is 0. The van der Waals surface area contributed by atoms with Crippen molar-refractivity contribution in [3.05, 3.63) is 45.6 Å². The van der Waals surface area contributed by atoms with Crippen LogP contribution in [0.2, 0.25) is 0 Å². The molecule has 0 bridgehead atoms. The third kappa shape index (κ3) is 4.95. The number of nitrogens with one attached hydrogen (secondary N) is 1. The predicted octanol–water partition coefficient (Wildman–Crippen LogP) is 1.37. The lowest BCUT2D eigenvalue weighted by Gasteiger charge is -2.30. The molecule has 1 atom stereocenters. The lowest BCUT2D eigenvalue weighted by atomic mass is 10.2. The maximum absolute atomic E-state index is 11.2. The number of nitrogens with two attached hydrogens (primary N) is 1. The van der Waals surface area contributed by atoms with Gasteiger partial charge in [0.15, 0.2) is 5.82 Å². The molecule has 3 N–H and O–H groups in total. The van der Waals surface area contributed by atoms with Gasteiger partial charge in [-0.2, -0.15) is 4.98 Å². The number of piperazine rings is 1. The molecule has 1 fully saturated rings. The van der Waals surface area contributed by atoms with E-state index in [1.54, 1.807) is 0 Å². The number of aromatic nitrogens is 2. The van der Waals surface area contributed by atoms with Gasteiger partial charge in [-0.15, -0.1) is 24.2 Å². The van der Waals surface area contributed by atoms with Gasteiger partial charge in [-0.05, 0) is 19.2 Å². The molecule has 2 heterocycles. The van der Waals surface area contributed by atoms with Crippen LogP contribution in [0.1, 0.15) is 28.1 Å². The number of nitro groups is 1. The molecule has 0 aliphatic carbocycles. The van der Waals surface area contributed by atoms with Crippen molar-refractivity contribution >= 4 is 35.8 Å². The van der Waals surface area contributed by atoms with E-state index in [1.165, 1.54) is 30.0 Å². The van der Waals surface area contributed by atoms with Gasteiger partial charge in [0.05, 0.1) is 21.6 Å². The van der Waals surface area contributed by atoms with Crippen molar-refractivity contribution in [3.63, 3.8) is 0 Å². The Labute approximate surface area is 165 Å². The molecule has 0 radical (unpaired) electrons. The Balaban J connectivity index is 0.00000261. The van der Waals surface area contributed by atoms with E-state index in [1.807, 2.05) is 7.05 Å². The molecule has 1 saturated heterocycles. The van der Waals surface area contributed by atoms with E-state index in [-0.39, 0.29) is 35.5 Å². The molecule has 1 unspecified atom stereocenters. The van der Waals surface area contributed by atoms with Crippen molar-refractivity contribution in [1.82, 2.24) is 20.4 Å². The van der Waals surface area contributed by atoms with Crippen molar-refractivity contribution in [2.24, 2.45) is 5.73 Å². The molecule has 1 aromatic carbocycles.